The molecule has 3 aromatic rings. The van der Waals surface area contributed by atoms with Gasteiger partial charge in [0.05, 0.1) is 11.6 Å². The predicted octanol–water partition coefficient (Wildman–Crippen LogP) is 3.26. The lowest BCUT2D eigenvalue weighted by atomic mass is 9.99. The summed E-state index contributed by atoms with van der Waals surface area (Å²) >= 11 is 0. The van der Waals surface area contributed by atoms with Crippen molar-refractivity contribution in [3.63, 3.8) is 0 Å². The van der Waals surface area contributed by atoms with Crippen molar-refractivity contribution in [3.05, 3.63) is 47.5 Å². The Hall–Kier alpha value is -3.41. The molecule has 0 bridgehead atoms. The Balaban J connectivity index is 1.97. The van der Waals surface area contributed by atoms with Crippen LogP contribution in [-0.4, -0.2) is 34.3 Å². The largest absolute Gasteiger partial charge is 0.382 e. The molecule has 0 amide bonds. The number of hydrogen-bond donors (Lipinski definition) is 3. The van der Waals surface area contributed by atoms with E-state index in [0.717, 1.165) is 36.1 Å². The van der Waals surface area contributed by atoms with E-state index in [9.17, 15) is 5.11 Å². The number of halogens is 1. The first-order valence-corrected chi connectivity index (χ1v) is 10.5. The molecule has 0 saturated carbocycles. The molecular weight excluding hydrogens is 407 g/mol. The number of aliphatic hydroxyl groups is 1. The molecule has 8 heteroatoms. The summed E-state index contributed by atoms with van der Waals surface area (Å²) in [5.41, 5.74) is 8.39. The van der Waals surface area contributed by atoms with Gasteiger partial charge in [0.2, 0.25) is 0 Å². The van der Waals surface area contributed by atoms with Crippen LogP contribution in [0.3, 0.4) is 0 Å². The number of nitrogens with zero attached hydrogens (tertiary/aromatic N) is 4. The van der Waals surface area contributed by atoms with Crippen LogP contribution in [0.1, 0.15) is 37.8 Å². The number of anilines is 4. The SMILES string of the molecule is CN(N)c1c(N)nc(N2CCCCc3c(C#CC(C)(C)O)cccc32)c2c(F)cncc12. The predicted molar refractivity (Wildman–Crippen MR) is 126 cm³/mol. The zero-order valence-electron chi connectivity index (χ0n) is 18.5. The maximum absolute atomic E-state index is 15.1. The normalized spacial score (nSPS) is 13.9. The van der Waals surface area contributed by atoms with Crippen LogP contribution in [-0.2, 0) is 6.42 Å². The molecule has 3 heterocycles. The Bertz CT molecular complexity index is 1240. The maximum Gasteiger partial charge on any atom is 0.153 e. The highest BCUT2D eigenvalue weighted by molar-refractivity contribution is 6.05. The second-order valence-electron chi connectivity index (χ2n) is 8.55. The molecule has 166 valence electrons. The number of rotatable bonds is 2. The van der Waals surface area contributed by atoms with E-state index in [-0.39, 0.29) is 5.82 Å². The molecular formula is C24H27FN6O. The molecule has 5 N–H and O–H groups in total. The number of aromatic nitrogens is 2. The summed E-state index contributed by atoms with van der Waals surface area (Å²) < 4.78 is 15.1. The van der Waals surface area contributed by atoms with Gasteiger partial charge in [-0.05, 0) is 50.8 Å². The fourth-order valence-corrected chi connectivity index (χ4v) is 4.11. The highest BCUT2D eigenvalue weighted by atomic mass is 19.1. The average Bonchev–Trinajstić information content (AvgIpc) is 2.93. The summed E-state index contributed by atoms with van der Waals surface area (Å²) in [5.74, 6) is 12.1. The molecule has 1 aliphatic heterocycles. The van der Waals surface area contributed by atoms with Gasteiger partial charge >= 0.3 is 0 Å². The number of nitrogens with two attached hydrogens (primary N) is 2. The van der Waals surface area contributed by atoms with Gasteiger partial charge in [0, 0.05) is 36.4 Å². The summed E-state index contributed by atoms with van der Waals surface area (Å²) in [6.07, 6.45) is 5.40. The van der Waals surface area contributed by atoms with Crippen molar-refractivity contribution in [3.8, 4) is 11.8 Å². The first kappa shape index (κ1) is 21.8. The third kappa shape index (κ3) is 4.05. The Kier molecular flexibility index (Phi) is 5.63. The fraction of sp³-hybridized carbons (Fsp3) is 0.333. The zero-order chi connectivity index (χ0) is 23.0. The van der Waals surface area contributed by atoms with E-state index in [1.54, 1.807) is 27.1 Å². The minimum atomic E-state index is -1.10. The third-order valence-electron chi connectivity index (χ3n) is 5.46. The molecule has 1 aromatic carbocycles. The number of pyridine rings is 2. The molecule has 0 unspecified atom stereocenters. The Labute approximate surface area is 186 Å². The van der Waals surface area contributed by atoms with Crippen LogP contribution in [0, 0.1) is 17.7 Å². The Morgan fingerprint density at radius 2 is 2.03 bits per heavy atom. The van der Waals surface area contributed by atoms with Crippen molar-refractivity contribution >= 4 is 33.8 Å². The van der Waals surface area contributed by atoms with E-state index in [2.05, 4.69) is 21.8 Å². The minimum Gasteiger partial charge on any atom is -0.382 e. The van der Waals surface area contributed by atoms with E-state index in [4.69, 9.17) is 11.6 Å². The fourth-order valence-electron chi connectivity index (χ4n) is 4.11. The topological polar surface area (TPSA) is 105 Å². The standard InChI is InChI=1S/C24H27FN6O/c1-24(2,32)11-10-15-7-6-9-19-16(15)8-4-5-12-31(19)23-20-17(13-28-14-18(20)25)21(30(3)27)22(26)29-23/h6-7,9,13-14,32H,4-5,8,12,27H2,1-3H3,(H2,26,29). The number of hydrazine groups is 1. The van der Waals surface area contributed by atoms with Crippen LogP contribution < -0.4 is 21.5 Å². The summed E-state index contributed by atoms with van der Waals surface area (Å²) in [5, 5.41) is 12.2. The molecule has 0 saturated heterocycles. The molecule has 0 spiro atoms. The highest BCUT2D eigenvalue weighted by Gasteiger charge is 2.25. The van der Waals surface area contributed by atoms with E-state index in [0.29, 0.717) is 28.8 Å². The van der Waals surface area contributed by atoms with E-state index in [1.165, 1.54) is 11.2 Å². The zero-order valence-corrected chi connectivity index (χ0v) is 18.5. The molecule has 0 aliphatic carbocycles. The highest BCUT2D eigenvalue weighted by Crippen LogP contribution is 2.41. The van der Waals surface area contributed by atoms with Gasteiger partial charge in [-0.3, -0.25) is 4.98 Å². The minimum absolute atomic E-state index is 0.202. The van der Waals surface area contributed by atoms with Crippen molar-refractivity contribution < 1.29 is 9.50 Å². The smallest absolute Gasteiger partial charge is 0.153 e. The average molecular weight is 435 g/mol. The molecule has 1 aliphatic rings. The lowest BCUT2D eigenvalue weighted by molar-refractivity contribution is 0.143. The van der Waals surface area contributed by atoms with Crippen LogP contribution in [0.4, 0.5) is 27.4 Å². The Morgan fingerprint density at radius 1 is 1.25 bits per heavy atom. The maximum atomic E-state index is 15.1. The molecule has 2 aromatic heterocycles. The lowest BCUT2D eigenvalue weighted by Crippen LogP contribution is -2.28. The van der Waals surface area contributed by atoms with Crippen LogP contribution in [0.5, 0.6) is 0 Å². The number of benzene rings is 1. The van der Waals surface area contributed by atoms with E-state index >= 15 is 4.39 Å². The first-order valence-electron chi connectivity index (χ1n) is 10.5. The number of hydrogen-bond acceptors (Lipinski definition) is 7. The van der Waals surface area contributed by atoms with Crippen molar-refractivity contribution in [2.75, 3.05) is 29.2 Å². The number of nitrogen functional groups attached to an aromatic ring is 1. The first-order chi connectivity index (χ1) is 15.2. The van der Waals surface area contributed by atoms with Crippen LogP contribution in [0.15, 0.2) is 30.6 Å². The van der Waals surface area contributed by atoms with Crippen molar-refractivity contribution in [2.24, 2.45) is 5.84 Å². The van der Waals surface area contributed by atoms with E-state index < -0.39 is 11.4 Å². The van der Waals surface area contributed by atoms with Gasteiger partial charge in [-0.1, -0.05) is 17.9 Å². The second-order valence-corrected chi connectivity index (χ2v) is 8.55. The quantitative estimate of drug-likeness (QED) is 0.323. The third-order valence-corrected chi connectivity index (χ3v) is 5.46. The van der Waals surface area contributed by atoms with Crippen LogP contribution in [0.25, 0.3) is 10.8 Å². The Morgan fingerprint density at radius 3 is 2.75 bits per heavy atom. The monoisotopic (exact) mass is 434 g/mol. The van der Waals surface area contributed by atoms with Crippen molar-refractivity contribution in [2.45, 2.75) is 38.7 Å². The van der Waals surface area contributed by atoms with Gasteiger partial charge in [-0.2, -0.15) is 0 Å². The van der Waals surface area contributed by atoms with Crippen LogP contribution >= 0.6 is 0 Å². The van der Waals surface area contributed by atoms with Gasteiger partial charge in [0.1, 0.15) is 17.1 Å². The van der Waals surface area contributed by atoms with Crippen LogP contribution in [0.2, 0.25) is 0 Å². The van der Waals surface area contributed by atoms with Gasteiger partial charge in [0.25, 0.3) is 0 Å². The molecule has 32 heavy (non-hydrogen) atoms. The molecule has 0 radical (unpaired) electrons. The molecule has 7 nitrogen and oxygen atoms in total. The van der Waals surface area contributed by atoms with Gasteiger partial charge < -0.3 is 20.7 Å². The molecule has 0 fully saturated rings. The summed E-state index contributed by atoms with van der Waals surface area (Å²) in [4.78, 5) is 10.6. The van der Waals surface area contributed by atoms with Crippen molar-refractivity contribution in [1.29, 1.82) is 0 Å². The molecule has 0 atom stereocenters. The second kappa shape index (κ2) is 8.26. The van der Waals surface area contributed by atoms with Gasteiger partial charge in [-0.15, -0.1) is 0 Å². The summed E-state index contributed by atoms with van der Waals surface area (Å²) in [6, 6.07) is 5.84. The molecule has 4 rings (SSSR count). The summed E-state index contributed by atoms with van der Waals surface area (Å²) in [7, 11) is 1.63. The number of fused-ring (bicyclic) bond motifs is 2. The lowest BCUT2D eigenvalue weighted by Gasteiger charge is -2.28. The summed E-state index contributed by atoms with van der Waals surface area (Å²) in [6.45, 7) is 3.95. The van der Waals surface area contributed by atoms with Gasteiger partial charge in [0.15, 0.2) is 11.6 Å². The van der Waals surface area contributed by atoms with Crippen molar-refractivity contribution in [1.82, 2.24) is 9.97 Å². The van der Waals surface area contributed by atoms with Gasteiger partial charge in [-0.25, -0.2) is 15.2 Å². The van der Waals surface area contributed by atoms with E-state index in [1.807, 2.05) is 23.1 Å².